The first-order chi connectivity index (χ1) is 11.9. The largest absolute Gasteiger partial charge is 0.456 e. The highest BCUT2D eigenvalue weighted by Crippen LogP contribution is 2.22. The zero-order chi connectivity index (χ0) is 18.4. The van der Waals surface area contributed by atoms with Crippen LogP contribution in [0.15, 0.2) is 30.3 Å². The Morgan fingerprint density at radius 1 is 1.20 bits per heavy atom. The van der Waals surface area contributed by atoms with Gasteiger partial charge in [-0.05, 0) is 38.3 Å². The topological polar surface area (TPSA) is 73.2 Å². The first kappa shape index (κ1) is 18.7. The summed E-state index contributed by atoms with van der Waals surface area (Å²) in [4.78, 5) is 23.7. The highest BCUT2D eigenvalue weighted by atomic mass is 16.5. The van der Waals surface area contributed by atoms with Crippen LogP contribution >= 0.6 is 0 Å². The van der Waals surface area contributed by atoms with Crippen molar-refractivity contribution in [1.82, 2.24) is 9.78 Å². The number of anilines is 1. The van der Waals surface area contributed by atoms with Crippen molar-refractivity contribution < 1.29 is 14.3 Å². The molecule has 0 saturated carbocycles. The fourth-order valence-electron chi connectivity index (χ4n) is 2.44. The molecule has 0 atom stereocenters. The highest BCUT2D eigenvalue weighted by Gasteiger charge is 2.16. The Kier molecular flexibility index (Phi) is 6.33. The molecule has 2 rings (SSSR count). The van der Waals surface area contributed by atoms with Crippen LogP contribution in [0.2, 0.25) is 0 Å². The maximum Gasteiger partial charge on any atom is 0.306 e. The van der Waals surface area contributed by atoms with Crippen LogP contribution in [0.4, 0.5) is 5.69 Å². The van der Waals surface area contributed by atoms with E-state index in [2.05, 4.69) is 10.4 Å². The number of carbonyl (C=O) groups excluding carboxylic acids is 2. The molecule has 1 amide bonds. The summed E-state index contributed by atoms with van der Waals surface area (Å²) in [6.07, 6.45) is 1.08. The van der Waals surface area contributed by atoms with Crippen molar-refractivity contribution in [3.05, 3.63) is 41.7 Å². The minimum atomic E-state index is -0.364. The summed E-state index contributed by atoms with van der Waals surface area (Å²) in [7, 11) is 0. The number of aromatic nitrogens is 2. The molecule has 0 unspecified atom stereocenters. The van der Waals surface area contributed by atoms with E-state index in [-0.39, 0.29) is 18.5 Å². The molecule has 1 N–H and O–H groups in total. The lowest BCUT2D eigenvalue weighted by Crippen LogP contribution is -2.21. The molecule has 134 valence electrons. The van der Waals surface area contributed by atoms with Crippen LogP contribution in [0, 0.1) is 19.8 Å². The van der Waals surface area contributed by atoms with Gasteiger partial charge in [-0.2, -0.15) is 5.10 Å². The number of hydrogen-bond acceptors (Lipinski definition) is 4. The Hall–Kier alpha value is -2.63. The van der Waals surface area contributed by atoms with Crippen molar-refractivity contribution in [3.63, 3.8) is 0 Å². The van der Waals surface area contributed by atoms with Gasteiger partial charge in [0.05, 0.1) is 22.8 Å². The summed E-state index contributed by atoms with van der Waals surface area (Å²) < 4.78 is 6.80. The zero-order valence-corrected chi connectivity index (χ0v) is 15.2. The van der Waals surface area contributed by atoms with Crippen molar-refractivity contribution in [2.75, 3.05) is 11.9 Å². The lowest BCUT2D eigenvalue weighted by Gasteiger charge is -2.08. The fraction of sp³-hybridized carbons (Fsp3) is 0.421. The van der Waals surface area contributed by atoms with E-state index in [1.807, 2.05) is 58.0 Å². The van der Waals surface area contributed by atoms with Gasteiger partial charge in [0.2, 0.25) is 0 Å². The van der Waals surface area contributed by atoms with Crippen LogP contribution in [-0.2, 0) is 14.3 Å². The fourth-order valence-corrected chi connectivity index (χ4v) is 2.44. The number of aryl methyl sites for hydroxylation is 1. The molecular weight excluding hydrogens is 318 g/mol. The smallest absolute Gasteiger partial charge is 0.306 e. The number of para-hydroxylation sites is 1. The standard InChI is InChI=1S/C19H25N3O3/c1-13(2)10-11-18(24)25-12-17(23)20-19-14(3)21-22(15(19)4)16-8-6-5-7-9-16/h5-9,13H,10-12H2,1-4H3,(H,20,23). The molecule has 0 fully saturated rings. The van der Waals surface area contributed by atoms with Crippen molar-refractivity contribution in [2.24, 2.45) is 5.92 Å². The van der Waals surface area contributed by atoms with E-state index in [1.165, 1.54) is 0 Å². The Morgan fingerprint density at radius 3 is 2.52 bits per heavy atom. The van der Waals surface area contributed by atoms with Gasteiger partial charge in [-0.1, -0.05) is 32.0 Å². The van der Waals surface area contributed by atoms with Gasteiger partial charge in [0.1, 0.15) is 0 Å². The lowest BCUT2D eigenvalue weighted by atomic mass is 10.1. The molecule has 0 aliphatic rings. The Bertz CT molecular complexity index is 736. The number of esters is 1. The van der Waals surface area contributed by atoms with Gasteiger partial charge in [-0.15, -0.1) is 0 Å². The van der Waals surface area contributed by atoms with Crippen LogP contribution in [0.5, 0.6) is 0 Å². The predicted molar refractivity (Wildman–Crippen MR) is 96.7 cm³/mol. The molecule has 1 aromatic heterocycles. The lowest BCUT2D eigenvalue weighted by molar-refractivity contribution is -0.147. The van der Waals surface area contributed by atoms with Crippen LogP contribution in [0.3, 0.4) is 0 Å². The van der Waals surface area contributed by atoms with Crippen LogP contribution < -0.4 is 5.32 Å². The number of rotatable bonds is 7. The van der Waals surface area contributed by atoms with E-state index in [1.54, 1.807) is 4.68 Å². The Morgan fingerprint density at radius 2 is 1.88 bits per heavy atom. The molecular formula is C19H25N3O3. The quantitative estimate of drug-likeness (QED) is 0.782. The average Bonchev–Trinajstić information content (AvgIpc) is 2.87. The van der Waals surface area contributed by atoms with Gasteiger partial charge >= 0.3 is 5.97 Å². The van der Waals surface area contributed by atoms with Crippen LogP contribution in [0.25, 0.3) is 5.69 Å². The summed E-state index contributed by atoms with van der Waals surface area (Å²) in [5, 5.41) is 7.26. The van der Waals surface area contributed by atoms with Gasteiger partial charge in [-0.3, -0.25) is 9.59 Å². The van der Waals surface area contributed by atoms with Gasteiger partial charge in [0, 0.05) is 6.42 Å². The Balaban J connectivity index is 1.97. The molecule has 1 heterocycles. The number of nitrogens with zero attached hydrogens (tertiary/aromatic N) is 2. The van der Waals surface area contributed by atoms with Gasteiger partial charge in [-0.25, -0.2) is 4.68 Å². The number of nitrogens with one attached hydrogen (secondary N) is 1. The molecule has 6 nitrogen and oxygen atoms in total. The Labute approximate surface area is 148 Å². The van der Waals surface area contributed by atoms with Crippen molar-refractivity contribution in [1.29, 1.82) is 0 Å². The van der Waals surface area contributed by atoms with E-state index in [0.29, 0.717) is 23.7 Å². The number of benzene rings is 1. The maximum atomic E-state index is 12.1. The second-order valence-corrected chi connectivity index (χ2v) is 6.43. The molecule has 0 aliphatic carbocycles. The summed E-state index contributed by atoms with van der Waals surface area (Å²) in [5.74, 6) is -0.288. The van der Waals surface area contributed by atoms with Crippen molar-refractivity contribution in [2.45, 2.75) is 40.5 Å². The van der Waals surface area contributed by atoms with Gasteiger partial charge < -0.3 is 10.1 Å². The van der Waals surface area contributed by atoms with E-state index in [4.69, 9.17) is 4.74 Å². The molecule has 0 saturated heterocycles. The minimum Gasteiger partial charge on any atom is -0.456 e. The summed E-state index contributed by atoms with van der Waals surface area (Å²) in [6, 6.07) is 9.69. The number of carbonyl (C=O) groups is 2. The highest BCUT2D eigenvalue weighted by molar-refractivity contribution is 5.93. The third kappa shape index (κ3) is 5.17. The van der Waals surface area contributed by atoms with Crippen molar-refractivity contribution >= 4 is 17.6 Å². The zero-order valence-electron chi connectivity index (χ0n) is 15.2. The summed E-state index contributed by atoms with van der Waals surface area (Å²) >= 11 is 0. The summed E-state index contributed by atoms with van der Waals surface area (Å²) in [6.45, 7) is 7.51. The molecule has 25 heavy (non-hydrogen) atoms. The van der Waals surface area contributed by atoms with Gasteiger partial charge in [0.15, 0.2) is 6.61 Å². The SMILES string of the molecule is Cc1nn(-c2ccccc2)c(C)c1NC(=O)COC(=O)CCC(C)C. The molecule has 0 spiro atoms. The maximum absolute atomic E-state index is 12.1. The molecule has 2 aromatic rings. The summed E-state index contributed by atoms with van der Waals surface area (Å²) in [5.41, 5.74) is 3.10. The van der Waals surface area contributed by atoms with Gasteiger partial charge in [0.25, 0.3) is 5.91 Å². The minimum absolute atomic E-state index is 0.285. The third-order valence-corrected chi connectivity index (χ3v) is 3.85. The second-order valence-electron chi connectivity index (χ2n) is 6.43. The molecule has 6 heteroatoms. The third-order valence-electron chi connectivity index (χ3n) is 3.85. The first-order valence-corrected chi connectivity index (χ1v) is 8.45. The van der Waals surface area contributed by atoms with E-state index < -0.39 is 0 Å². The molecule has 0 radical (unpaired) electrons. The molecule has 1 aromatic carbocycles. The van der Waals surface area contributed by atoms with Crippen LogP contribution in [-0.4, -0.2) is 28.3 Å². The first-order valence-electron chi connectivity index (χ1n) is 8.45. The number of hydrogen-bond donors (Lipinski definition) is 1. The average molecular weight is 343 g/mol. The van der Waals surface area contributed by atoms with E-state index in [0.717, 1.165) is 17.8 Å². The second kappa shape index (κ2) is 8.46. The normalized spacial score (nSPS) is 10.8. The number of amides is 1. The molecule has 0 aliphatic heterocycles. The van der Waals surface area contributed by atoms with E-state index >= 15 is 0 Å². The predicted octanol–water partition coefficient (Wildman–Crippen LogP) is 3.41. The van der Waals surface area contributed by atoms with Crippen molar-refractivity contribution in [3.8, 4) is 5.69 Å². The van der Waals surface area contributed by atoms with Crippen LogP contribution in [0.1, 0.15) is 38.1 Å². The number of ether oxygens (including phenoxy) is 1. The van der Waals surface area contributed by atoms with E-state index in [9.17, 15) is 9.59 Å². The molecule has 0 bridgehead atoms. The monoisotopic (exact) mass is 343 g/mol.